The minimum Gasteiger partial charge on any atom is -0.397 e. The van der Waals surface area contributed by atoms with Crippen LogP contribution in [0.3, 0.4) is 0 Å². The summed E-state index contributed by atoms with van der Waals surface area (Å²) in [7, 11) is 2.07. The van der Waals surface area contributed by atoms with E-state index >= 15 is 0 Å². The molecule has 0 unspecified atom stereocenters. The van der Waals surface area contributed by atoms with E-state index in [-0.39, 0.29) is 5.91 Å². The zero-order valence-corrected chi connectivity index (χ0v) is 20.3. The van der Waals surface area contributed by atoms with Crippen LogP contribution in [-0.2, 0) is 0 Å². The lowest BCUT2D eigenvalue weighted by molar-refractivity contribution is 0.102. The molecule has 4 rings (SSSR count). The molecule has 0 aliphatic heterocycles. The molecule has 0 saturated heterocycles. The monoisotopic (exact) mass is 488 g/mol. The molecule has 0 radical (unpaired) electrons. The van der Waals surface area contributed by atoms with E-state index in [9.17, 15) is 4.79 Å². The fourth-order valence-corrected chi connectivity index (χ4v) is 3.95. The van der Waals surface area contributed by atoms with Crippen molar-refractivity contribution in [2.24, 2.45) is 0 Å². The molecule has 3 aromatic carbocycles. The first-order valence-electron chi connectivity index (χ1n) is 11.5. The summed E-state index contributed by atoms with van der Waals surface area (Å²) in [4.78, 5) is 19.4. The van der Waals surface area contributed by atoms with Gasteiger partial charge in [-0.1, -0.05) is 35.9 Å². The molecule has 7 nitrogen and oxygen atoms in total. The minimum absolute atomic E-state index is 0.200. The van der Waals surface area contributed by atoms with Crippen molar-refractivity contribution in [3.63, 3.8) is 0 Å². The predicted molar refractivity (Wildman–Crippen MR) is 146 cm³/mol. The summed E-state index contributed by atoms with van der Waals surface area (Å²) in [6, 6.07) is 22.4. The number of hydrogen-bond acceptors (Lipinski definition) is 6. The fraction of sp³-hybridized carbons (Fsp3) is 0.185. The summed E-state index contributed by atoms with van der Waals surface area (Å²) < 4.78 is 0. The zero-order valence-electron chi connectivity index (χ0n) is 19.6. The number of fused-ring (bicyclic) bond motifs is 1. The molecule has 0 saturated carbocycles. The SMILES string of the molecule is CN(CCNc1ccccc1C(=O)Nc1ccccc1N)CCNc1ccnc2cc(Cl)ccc12. The van der Waals surface area contributed by atoms with Crippen LogP contribution in [-0.4, -0.2) is 49.0 Å². The number of nitrogen functional groups attached to an aromatic ring is 1. The second-order valence-corrected chi connectivity index (χ2v) is 8.70. The van der Waals surface area contributed by atoms with Gasteiger partial charge in [-0.2, -0.15) is 0 Å². The Balaban J connectivity index is 1.27. The van der Waals surface area contributed by atoms with Gasteiger partial charge in [-0.05, 0) is 55.6 Å². The number of carbonyl (C=O) groups is 1. The topological polar surface area (TPSA) is 95.3 Å². The number of nitrogens with two attached hydrogens (primary N) is 1. The van der Waals surface area contributed by atoms with Crippen LogP contribution < -0.4 is 21.7 Å². The average Bonchev–Trinajstić information content (AvgIpc) is 2.85. The van der Waals surface area contributed by atoms with Gasteiger partial charge in [0.2, 0.25) is 0 Å². The summed E-state index contributed by atoms with van der Waals surface area (Å²) in [5.41, 5.74) is 10.4. The maximum atomic E-state index is 12.8. The number of carbonyl (C=O) groups excluding carboxylic acids is 1. The van der Waals surface area contributed by atoms with Crippen LogP contribution >= 0.6 is 11.6 Å². The summed E-state index contributed by atoms with van der Waals surface area (Å²) in [6.07, 6.45) is 1.79. The number of pyridine rings is 1. The van der Waals surface area contributed by atoms with Crippen molar-refractivity contribution < 1.29 is 4.79 Å². The Labute approximate surface area is 210 Å². The van der Waals surface area contributed by atoms with Gasteiger partial charge >= 0.3 is 0 Å². The number of nitrogens with zero attached hydrogens (tertiary/aromatic N) is 2. The highest BCUT2D eigenvalue weighted by molar-refractivity contribution is 6.31. The van der Waals surface area contributed by atoms with Crippen LogP contribution in [0.2, 0.25) is 5.02 Å². The van der Waals surface area contributed by atoms with Crippen molar-refractivity contribution in [2.45, 2.75) is 0 Å². The van der Waals surface area contributed by atoms with Crippen LogP contribution in [0.1, 0.15) is 10.4 Å². The van der Waals surface area contributed by atoms with Gasteiger partial charge in [0, 0.05) is 54.2 Å². The first kappa shape index (κ1) is 24.3. The van der Waals surface area contributed by atoms with Crippen LogP contribution in [0.15, 0.2) is 79.0 Å². The van der Waals surface area contributed by atoms with E-state index in [1.807, 2.05) is 54.6 Å². The summed E-state index contributed by atoms with van der Waals surface area (Å²) >= 11 is 6.08. The van der Waals surface area contributed by atoms with E-state index in [0.717, 1.165) is 41.9 Å². The van der Waals surface area contributed by atoms with Gasteiger partial charge in [-0.3, -0.25) is 9.78 Å². The Morgan fingerprint density at radius 1 is 0.914 bits per heavy atom. The first-order chi connectivity index (χ1) is 17.0. The van der Waals surface area contributed by atoms with Gasteiger partial charge in [-0.25, -0.2) is 0 Å². The molecule has 35 heavy (non-hydrogen) atoms. The molecule has 180 valence electrons. The van der Waals surface area contributed by atoms with Gasteiger partial charge in [-0.15, -0.1) is 0 Å². The second kappa shape index (κ2) is 11.6. The Morgan fingerprint density at radius 3 is 2.37 bits per heavy atom. The molecule has 1 aromatic heterocycles. The lowest BCUT2D eigenvalue weighted by Gasteiger charge is -2.19. The van der Waals surface area contributed by atoms with Crippen LogP contribution in [0.4, 0.5) is 22.7 Å². The lowest BCUT2D eigenvalue weighted by atomic mass is 10.1. The van der Waals surface area contributed by atoms with Crippen LogP contribution in [0, 0.1) is 0 Å². The van der Waals surface area contributed by atoms with Crippen molar-refractivity contribution in [3.05, 3.63) is 89.6 Å². The van der Waals surface area contributed by atoms with E-state index in [0.29, 0.717) is 28.5 Å². The van der Waals surface area contributed by atoms with Gasteiger partial charge < -0.3 is 26.6 Å². The van der Waals surface area contributed by atoms with E-state index in [1.165, 1.54) is 0 Å². The normalized spacial score (nSPS) is 10.9. The van der Waals surface area contributed by atoms with Crippen molar-refractivity contribution >= 4 is 51.2 Å². The Kier molecular flexibility index (Phi) is 8.03. The molecule has 0 spiro atoms. The van der Waals surface area contributed by atoms with E-state index in [4.69, 9.17) is 17.3 Å². The number of halogens is 1. The van der Waals surface area contributed by atoms with Gasteiger partial charge in [0.15, 0.2) is 0 Å². The van der Waals surface area contributed by atoms with E-state index < -0.39 is 0 Å². The van der Waals surface area contributed by atoms with Crippen molar-refractivity contribution in [1.29, 1.82) is 0 Å². The highest BCUT2D eigenvalue weighted by atomic mass is 35.5. The van der Waals surface area contributed by atoms with Crippen LogP contribution in [0.5, 0.6) is 0 Å². The first-order valence-corrected chi connectivity index (χ1v) is 11.8. The van der Waals surface area contributed by atoms with E-state index in [2.05, 4.69) is 32.9 Å². The molecule has 8 heteroatoms. The molecular formula is C27H29ClN6O. The number of benzene rings is 3. The molecule has 1 amide bonds. The summed E-state index contributed by atoms with van der Waals surface area (Å²) in [6.45, 7) is 3.16. The molecule has 0 bridgehead atoms. The molecule has 1 heterocycles. The molecular weight excluding hydrogens is 460 g/mol. The van der Waals surface area contributed by atoms with Crippen LogP contribution in [0.25, 0.3) is 10.9 Å². The number of rotatable bonds is 10. The number of amides is 1. The van der Waals surface area contributed by atoms with Crippen molar-refractivity contribution in [3.8, 4) is 0 Å². The predicted octanol–water partition coefficient (Wildman–Crippen LogP) is 5.18. The lowest BCUT2D eigenvalue weighted by Crippen LogP contribution is -2.30. The third kappa shape index (κ3) is 6.41. The zero-order chi connectivity index (χ0) is 24.6. The number of anilines is 4. The Morgan fingerprint density at radius 2 is 1.60 bits per heavy atom. The van der Waals surface area contributed by atoms with E-state index in [1.54, 1.807) is 24.4 Å². The number of aromatic nitrogens is 1. The Hall–Kier alpha value is -3.81. The van der Waals surface area contributed by atoms with Gasteiger partial charge in [0.1, 0.15) is 0 Å². The third-order valence-corrected chi connectivity index (χ3v) is 5.94. The van der Waals surface area contributed by atoms with Gasteiger partial charge in [0.25, 0.3) is 5.91 Å². The number of para-hydroxylation sites is 3. The summed E-state index contributed by atoms with van der Waals surface area (Å²) in [5.74, 6) is -0.200. The second-order valence-electron chi connectivity index (χ2n) is 8.26. The smallest absolute Gasteiger partial charge is 0.257 e. The minimum atomic E-state index is -0.200. The third-order valence-electron chi connectivity index (χ3n) is 5.70. The highest BCUT2D eigenvalue weighted by Crippen LogP contribution is 2.24. The van der Waals surface area contributed by atoms with Crippen molar-refractivity contribution in [1.82, 2.24) is 9.88 Å². The van der Waals surface area contributed by atoms with Crippen molar-refractivity contribution in [2.75, 3.05) is 54.9 Å². The quantitative estimate of drug-likeness (QED) is 0.230. The largest absolute Gasteiger partial charge is 0.397 e. The maximum Gasteiger partial charge on any atom is 0.257 e. The number of nitrogens with one attached hydrogen (secondary N) is 3. The summed E-state index contributed by atoms with van der Waals surface area (Å²) in [5, 5.41) is 11.5. The molecule has 0 fully saturated rings. The number of hydrogen-bond donors (Lipinski definition) is 4. The molecule has 4 aromatic rings. The standard InChI is InChI=1S/C27H29ClN6O/c1-34(17-15-32-24-12-13-30-26-18-19(28)10-11-20(24)26)16-14-31-23-8-4-2-6-21(23)27(35)33-25-9-5-3-7-22(25)29/h2-13,18,31H,14-17,29H2,1H3,(H,30,32)(H,33,35). The highest BCUT2D eigenvalue weighted by Gasteiger charge is 2.12. The fourth-order valence-electron chi connectivity index (χ4n) is 3.79. The Bertz CT molecular complexity index is 1310. The molecule has 0 aliphatic carbocycles. The number of likely N-dealkylation sites (N-methyl/N-ethyl adjacent to an activating group) is 1. The molecule has 0 atom stereocenters. The molecule has 5 N–H and O–H groups in total. The maximum absolute atomic E-state index is 12.8. The van der Waals surface area contributed by atoms with Gasteiger partial charge in [0.05, 0.1) is 22.5 Å². The average molecular weight is 489 g/mol. The molecule has 0 aliphatic rings.